The molecular weight excluding hydrogens is 244 g/mol. The molecule has 19 heavy (non-hydrogen) atoms. The zero-order chi connectivity index (χ0) is 14.0. The van der Waals surface area contributed by atoms with Crippen molar-refractivity contribution in [2.45, 2.75) is 27.3 Å². The number of benzene rings is 1. The third-order valence-electron chi connectivity index (χ3n) is 2.96. The van der Waals surface area contributed by atoms with Crippen molar-refractivity contribution in [2.24, 2.45) is 0 Å². The summed E-state index contributed by atoms with van der Waals surface area (Å²) in [6, 6.07) is 3.40. The molecule has 0 fully saturated rings. The van der Waals surface area contributed by atoms with Gasteiger partial charge in [-0.1, -0.05) is 0 Å². The van der Waals surface area contributed by atoms with Crippen molar-refractivity contribution in [3.63, 3.8) is 0 Å². The van der Waals surface area contributed by atoms with Gasteiger partial charge in [0.25, 0.3) is 5.69 Å². The Morgan fingerprint density at radius 2 is 2.05 bits per heavy atom. The quantitative estimate of drug-likeness (QED) is 0.654. The van der Waals surface area contributed by atoms with E-state index in [1.54, 1.807) is 25.3 Å². The van der Waals surface area contributed by atoms with Crippen LogP contribution in [0.2, 0.25) is 0 Å². The first kappa shape index (κ1) is 13.1. The summed E-state index contributed by atoms with van der Waals surface area (Å²) in [5.74, 6) is 0.869. The number of anilines is 1. The van der Waals surface area contributed by atoms with E-state index >= 15 is 0 Å². The Bertz CT molecular complexity index is 619. The van der Waals surface area contributed by atoms with Crippen molar-refractivity contribution in [3.05, 3.63) is 51.1 Å². The van der Waals surface area contributed by atoms with E-state index in [0.717, 1.165) is 22.8 Å². The van der Waals surface area contributed by atoms with E-state index in [0.29, 0.717) is 12.1 Å². The second kappa shape index (κ2) is 5.09. The van der Waals surface area contributed by atoms with Crippen LogP contribution in [-0.4, -0.2) is 14.9 Å². The molecule has 0 saturated heterocycles. The maximum atomic E-state index is 10.8. The molecule has 0 aliphatic heterocycles. The van der Waals surface area contributed by atoms with E-state index in [4.69, 9.17) is 0 Å². The fraction of sp³-hybridized carbons (Fsp3) is 0.308. The average molecular weight is 260 g/mol. The highest BCUT2D eigenvalue weighted by Crippen LogP contribution is 2.26. The molecule has 100 valence electrons. The predicted molar refractivity (Wildman–Crippen MR) is 73.2 cm³/mol. The smallest absolute Gasteiger partial charge is 0.272 e. The van der Waals surface area contributed by atoms with Crippen LogP contribution in [0.1, 0.15) is 22.6 Å². The molecule has 0 unspecified atom stereocenters. The average Bonchev–Trinajstić information content (AvgIpc) is 2.75. The lowest BCUT2D eigenvalue weighted by atomic mass is 10.1. The normalized spacial score (nSPS) is 10.5. The largest absolute Gasteiger partial charge is 0.379 e. The number of nitrogens with zero attached hydrogens (tertiary/aromatic N) is 2. The summed E-state index contributed by atoms with van der Waals surface area (Å²) in [4.78, 5) is 17.7. The minimum absolute atomic E-state index is 0.153. The van der Waals surface area contributed by atoms with Crippen LogP contribution in [0.25, 0.3) is 0 Å². The Morgan fingerprint density at radius 1 is 1.32 bits per heavy atom. The topological polar surface area (TPSA) is 83.8 Å². The molecule has 6 heteroatoms. The number of aryl methyl sites for hydroxylation is 3. The van der Waals surface area contributed by atoms with Gasteiger partial charge in [0.1, 0.15) is 5.82 Å². The summed E-state index contributed by atoms with van der Waals surface area (Å²) in [6.45, 7) is 6.10. The number of aromatic nitrogens is 2. The molecule has 2 aromatic rings. The summed E-state index contributed by atoms with van der Waals surface area (Å²) < 4.78 is 0. The zero-order valence-corrected chi connectivity index (χ0v) is 11.2. The first-order valence-electron chi connectivity index (χ1n) is 5.97. The fourth-order valence-corrected chi connectivity index (χ4v) is 1.94. The molecule has 1 aromatic carbocycles. The number of hydrogen-bond acceptors (Lipinski definition) is 4. The highest BCUT2D eigenvalue weighted by molar-refractivity contribution is 5.59. The molecule has 1 heterocycles. The van der Waals surface area contributed by atoms with Gasteiger partial charge in [-0.2, -0.15) is 0 Å². The number of rotatable bonds is 4. The Morgan fingerprint density at radius 3 is 2.63 bits per heavy atom. The van der Waals surface area contributed by atoms with Gasteiger partial charge >= 0.3 is 0 Å². The molecule has 2 rings (SSSR count). The van der Waals surface area contributed by atoms with Gasteiger partial charge in [-0.3, -0.25) is 10.1 Å². The molecule has 0 radical (unpaired) electrons. The van der Waals surface area contributed by atoms with Crippen LogP contribution in [0.3, 0.4) is 0 Å². The minimum Gasteiger partial charge on any atom is -0.379 e. The van der Waals surface area contributed by atoms with E-state index in [1.807, 2.05) is 13.8 Å². The number of imidazole rings is 1. The Balaban J connectivity index is 2.17. The standard InChI is InChI=1S/C13H16N4O2/c1-8-5-13(17(18)19)9(2)4-12(8)15-7-11-6-14-10(3)16-11/h4-6,15H,7H2,1-3H3,(H,14,16). The third kappa shape index (κ3) is 2.90. The second-order valence-electron chi connectivity index (χ2n) is 4.56. The molecule has 0 amide bonds. The Hall–Kier alpha value is -2.37. The number of nitro groups is 1. The van der Waals surface area contributed by atoms with Crippen molar-refractivity contribution < 1.29 is 4.92 Å². The van der Waals surface area contributed by atoms with E-state index < -0.39 is 0 Å². The monoisotopic (exact) mass is 260 g/mol. The molecule has 0 saturated carbocycles. The maximum Gasteiger partial charge on any atom is 0.272 e. The van der Waals surface area contributed by atoms with E-state index in [9.17, 15) is 10.1 Å². The van der Waals surface area contributed by atoms with Crippen LogP contribution < -0.4 is 5.32 Å². The van der Waals surface area contributed by atoms with Crippen LogP contribution in [0.15, 0.2) is 18.3 Å². The first-order chi connectivity index (χ1) is 8.97. The molecule has 6 nitrogen and oxygen atoms in total. The molecule has 0 spiro atoms. The van der Waals surface area contributed by atoms with Crippen LogP contribution in [0.5, 0.6) is 0 Å². The summed E-state index contributed by atoms with van der Waals surface area (Å²) in [5, 5.41) is 14.1. The highest BCUT2D eigenvalue weighted by Gasteiger charge is 2.13. The molecule has 0 bridgehead atoms. The SMILES string of the molecule is Cc1ncc(CNc2cc(C)c([N+](=O)[O-])cc2C)[nH]1. The van der Waals surface area contributed by atoms with Gasteiger partial charge in [0, 0.05) is 17.3 Å². The number of aromatic amines is 1. The van der Waals surface area contributed by atoms with Crippen LogP contribution in [-0.2, 0) is 6.54 Å². The van der Waals surface area contributed by atoms with Gasteiger partial charge in [0.15, 0.2) is 0 Å². The predicted octanol–water partition coefficient (Wildman–Crippen LogP) is 2.86. The van der Waals surface area contributed by atoms with Crippen molar-refractivity contribution in [1.29, 1.82) is 0 Å². The lowest BCUT2D eigenvalue weighted by Crippen LogP contribution is -2.03. The molecular formula is C13H16N4O2. The van der Waals surface area contributed by atoms with E-state index in [2.05, 4.69) is 15.3 Å². The maximum absolute atomic E-state index is 10.8. The summed E-state index contributed by atoms with van der Waals surface area (Å²) in [6.07, 6.45) is 1.77. The third-order valence-corrected chi connectivity index (χ3v) is 2.96. The van der Waals surface area contributed by atoms with Gasteiger partial charge in [-0.25, -0.2) is 4.98 Å². The van der Waals surface area contributed by atoms with Gasteiger partial charge < -0.3 is 10.3 Å². The number of hydrogen-bond donors (Lipinski definition) is 2. The van der Waals surface area contributed by atoms with Crippen molar-refractivity contribution in [1.82, 2.24) is 9.97 Å². The lowest BCUT2D eigenvalue weighted by Gasteiger charge is -2.10. The van der Waals surface area contributed by atoms with Crippen LogP contribution in [0, 0.1) is 30.9 Å². The molecule has 2 N–H and O–H groups in total. The molecule has 0 atom stereocenters. The molecule has 0 aliphatic rings. The van der Waals surface area contributed by atoms with Crippen molar-refractivity contribution in [3.8, 4) is 0 Å². The molecule has 0 aliphatic carbocycles. The van der Waals surface area contributed by atoms with Crippen LogP contribution >= 0.6 is 0 Å². The number of H-pyrrole nitrogens is 1. The van der Waals surface area contributed by atoms with Gasteiger partial charge in [-0.15, -0.1) is 0 Å². The van der Waals surface area contributed by atoms with E-state index in [-0.39, 0.29) is 10.6 Å². The Labute approximate surface area is 111 Å². The summed E-state index contributed by atoms with van der Waals surface area (Å²) in [5.41, 5.74) is 3.54. The second-order valence-corrected chi connectivity index (χ2v) is 4.56. The summed E-state index contributed by atoms with van der Waals surface area (Å²) >= 11 is 0. The lowest BCUT2D eigenvalue weighted by molar-refractivity contribution is -0.385. The Kier molecular flexibility index (Phi) is 3.50. The van der Waals surface area contributed by atoms with Gasteiger partial charge in [-0.05, 0) is 32.4 Å². The number of nitrogens with one attached hydrogen (secondary N) is 2. The van der Waals surface area contributed by atoms with Crippen molar-refractivity contribution in [2.75, 3.05) is 5.32 Å². The fourth-order valence-electron chi connectivity index (χ4n) is 1.94. The van der Waals surface area contributed by atoms with Crippen molar-refractivity contribution >= 4 is 11.4 Å². The zero-order valence-electron chi connectivity index (χ0n) is 11.2. The van der Waals surface area contributed by atoms with E-state index in [1.165, 1.54) is 0 Å². The van der Waals surface area contributed by atoms with Gasteiger partial charge in [0.05, 0.1) is 23.4 Å². The van der Waals surface area contributed by atoms with Crippen LogP contribution in [0.4, 0.5) is 11.4 Å². The molecule has 1 aromatic heterocycles. The summed E-state index contributed by atoms with van der Waals surface area (Å²) in [7, 11) is 0. The first-order valence-corrected chi connectivity index (χ1v) is 5.97. The highest BCUT2D eigenvalue weighted by atomic mass is 16.6. The van der Waals surface area contributed by atoms with Gasteiger partial charge in [0.2, 0.25) is 0 Å². The number of nitro benzene ring substituents is 1. The minimum atomic E-state index is -0.357.